The van der Waals surface area contributed by atoms with Gasteiger partial charge in [-0.25, -0.2) is 9.48 Å². The van der Waals surface area contributed by atoms with Gasteiger partial charge < -0.3 is 14.8 Å². The number of benzene rings is 2. The molecule has 3 aromatic rings. The van der Waals surface area contributed by atoms with Crippen LogP contribution < -0.4 is 5.32 Å². The van der Waals surface area contributed by atoms with Gasteiger partial charge in [0.25, 0.3) is 0 Å². The topological polar surface area (TPSA) is 82.4 Å². The van der Waals surface area contributed by atoms with Gasteiger partial charge in [0.15, 0.2) is 11.9 Å². The minimum absolute atomic E-state index is 0.124. The molecule has 1 fully saturated rings. The summed E-state index contributed by atoms with van der Waals surface area (Å²) in [4.78, 5) is 25.0. The van der Waals surface area contributed by atoms with Crippen LogP contribution >= 0.6 is 0 Å². The lowest BCUT2D eigenvalue weighted by atomic mass is 10.1. The van der Waals surface area contributed by atoms with Gasteiger partial charge in [0.1, 0.15) is 0 Å². The number of ether oxygens (including phenoxy) is 2. The highest BCUT2D eigenvalue weighted by Crippen LogP contribution is 2.30. The Labute approximate surface area is 175 Å². The molecule has 1 amide bonds. The van der Waals surface area contributed by atoms with E-state index in [4.69, 9.17) is 9.47 Å². The first-order chi connectivity index (χ1) is 14.7. The van der Waals surface area contributed by atoms with Crippen molar-refractivity contribution in [3.8, 4) is 0 Å². The van der Waals surface area contributed by atoms with E-state index in [1.54, 1.807) is 17.7 Å². The van der Waals surface area contributed by atoms with E-state index >= 15 is 0 Å². The second-order valence-corrected chi connectivity index (χ2v) is 7.28. The molecule has 2 aromatic carbocycles. The zero-order valence-corrected chi connectivity index (χ0v) is 17.0. The van der Waals surface area contributed by atoms with Gasteiger partial charge in [0.05, 0.1) is 18.5 Å². The molecule has 1 atom stereocenters. The minimum atomic E-state index is -0.482. The highest BCUT2D eigenvalue weighted by molar-refractivity contribution is 6.04. The number of hydrogen-bond acceptors (Lipinski definition) is 5. The molecule has 1 N–H and O–H groups in total. The Morgan fingerprint density at radius 2 is 2.03 bits per heavy atom. The molecule has 0 spiro atoms. The van der Waals surface area contributed by atoms with E-state index in [1.807, 2.05) is 42.5 Å². The van der Waals surface area contributed by atoms with E-state index in [0.29, 0.717) is 17.7 Å². The highest BCUT2D eigenvalue weighted by atomic mass is 16.5. The van der Waals surface area contributed by atoms with E-state index in [1.165, 1.54) is 0 Å². The third-order valence-electron chi connectivity index (χ3n) is 5.09. The second kappa shape index (κ2) is 9.09. The molecule has 7 nitrogen and oxygen atoms in total. The Kier molecular flexibility index (Phi) is 6.09. The number of esters is 1. The number of fused-ring (bicyclic) bond motifs is 1. The molecule has 1 aliphatic rings. The molecule has 7 heteroatoms. The number of carbonyl (C=O) groups excluding carboxylic acids is 2. The lowest BCUT2D eigenvalue weighted by Gasteiger charge is -2.23. The number of rotatable bonds is 6. The fraction of sp³-hybridized carbons (Fsp3) is 0.348. The Morgan fingerprint density at radius 3 is 2.77 bits per heavy atom. The third-order valence-corrected chi connectivity index (χ3v) is 5.09. The molecule has 4 rings (SSSR count). The van der Waals surface area contributed by atoms with Crippen molar-refractivity contribution in [1.29, 1.82) is 0 Å². The minimum Gasteiger partial charge on any atom is -0.461 e. The zero-order valence-electron chi connectivity index (χ0n) is 17.0. The fourth-order valence-corrected chi connectivity index (χ4v) is 3.69. The molecule has 0 radical (unpaired) electrons. The maximum absolute atomic E-state index is 12.5. The van der Waals surface area contributed by atoms with E-state index in [0.717, 1.165) is 30.3 Å². The van der Waals surface area contributed by atoms with Gasteiger partial charge in [-0.3, -0.25) is 4.79 Å². The van der Waals surface area contributed by atoms with Crippen LogP contribution in [0.2, 0.25) is 0 Å². The van der Waals surface area contributed by atoms with E-state index < -0.39 is 5.97 Å². The first-order valence-corrected chi connectivity index (χ1v) is 10.3. The van der Waals surface area contributed by atoms with Crippen LogP contribution in [0.3, 0.4) is 0 Å². The first kappa shape index (κ1) is 20.1. The van der Waals surface area contributed by atoms with Crippen molar-refractivity contribution in [2.45, 2.75) is 38.8 Å². The predicted octanol–water partition coefficient (Wildman–Crippen LogP) is 4.09. The number of anilines is 1. The normalized spacial score (nSPS) is 16.4. The van der Waals surface area contributed by atoms with Crippen LogP contribution in [-0.4, -0.2) is 34.9 Å². The Bertz CT molecular complexity index is 1040. The van der Waals surface area contributed by atoms with Gasteiger partial charge in [0.2, 0.25) is 5.91 Å². The standard InChI is InChI=1S/C23H25N3O4/c1-2-29-23(28)22-18-15-17(24-20(27)14-16-8-4-3-5-9-16)11-12-19(18)26(25-22)21-10-6-7-13-30-21/h3-5,8-9,11-12,15,21H,2,6-7,10,13-14H2,1H3,(H,24,27). The van der Waals surface area contributed by atoms with Crippen molar-refractivity contribution in [3.63, 3.8) is 0 Å². The molecule has 2 heterocycles. The van der Waals surface area contributed by atoms with Crippen LogP contribution in [0, 0.1) is 0 Å². The largest absolute Gasteiger partial charge is 0.461 e. The van der Waals surface area contributed by atoms with Gasteiger partial charge in [-0.1, -0.05) is 30.3 Å². The number of carbonyl (C=O) groups is 2. The van der Waals surface area contributed by atoms with Crippen LogP contribution in [0.1, 0.15) is 48.5 Å². The summed E-state index contributed by atoms with van der Waals surface area (Å²) < 4.78 is 12.8. The molecule has 0 saturated carbocycles. The number of nitrogens with zero attached hydrogens (tertiary/aromatic N) is 2. The molecule has 1 saturated heterocycles. The molecule has 1 aliphatic heterocycles. The fourth-order valence-electron chi connectivity index (χ4n) is 3.69. The summed E-state index contributed by atoms with van der Waals surface area (Å²) in [6.07, 6.45) is 2.99. The monoisotopic (exact) mass is 407 g/mol. The summed E-state index contributed by atoms with van der Waals surface area (Å²) in [5.41, 5.74) is 2.56. The number of amides is 1. The quantitative estimate of drug-likeness (QED) is 0.622. The van der Waals surface area contributed by atoms with Crippen LogP contribution in [-0.2, 0) is 20.7 Å². The summed E-state index contributed by atoms with van der Waals surface area (Å²) >= 11 is 0. The molecular formula is C23H25N3O4. The van der Waals surface area contributed by atoms with E-state index in [9.17, 15) is 9.59 Å². The molecule has 156 valence electrons. The summed E-state index contributed by atoms with van der Waals surface area (Å²) in [6, 6.07) is 15.0. The van der Waals surface area contributed by atoms with E-state index in [2.05, 4.69) is 10.4 Å². The maximum atomic E-state index is 12.5. The molecule has 1 aromatic heterocycles. The van der Waals surface area contributed by atoms with Crippen molar-refractivity contribution >= 4 is 28.5 Å². The van der Waals surface area contributed by atoms with Gasteiger partial charge in [-0.2, -0.15) is 5.10 Å². The van der Waals surface area contributed by atoms with Crippen LogP contribution in [0.5, 0.6) is 0 Å². The van der Waals surface area contributed by atoms with Crippen LogP contribution in [0.25, 0.3) is 10.9 Å². The molecule has 0 bridgehead atoms. The molecule has 1 unspecified atom stereocenters. The predicted molar refractivity (Wildman–Crippen MR) is 113 cm³/mol. The Hall–Kier alpha value is -3.19. The molecule has 30 heavy (non-hydrogen) atoms. The average molecular weight is 407 g/mol. The van der Waals surface area contributed by atoms with Crippen LogP contribution in [0.15, 0.2) is 48.5 Å². The Morgan fingerprint density at radius 1 is 1.20 bits per heavy atom. The number of nitrogens with one attached hydrogen (secondary N) is 1. The average Bonchev–Trinajstić information content (AvgIpc) is 3.14. The molecular weight excluding hydrogens is 382 g/mol. The number of aromatic nitrogens is 2. The summed E-state index contributed by atoms with van der Waals surface area (Å²) in [6.45, 7) is 2.70. The SMILES string of the molecule is CCOC(=O)c1nn(C2CCCCO2)c2ccc(NC(=O)Cc3ccccc3)cc12. The lowest BCUT2D eigenvalue weighted by molar-refractivity contribution is -0.115. The van der Waals surface area contributed by atoms with Gasteiger partial charge in [-0.15, -0.1) is 0 Å². The van der Waals surface area contributed by atoms with Crippen molar-refractivity contribution in [3.05, 3.63) is 59.8 Å². The van der Waals surface area contributed by atoms with Crippen molar-refractivity contribution in [2.75, 3.05) is 18.5 Å². The number of hydrogen-bond donors (Lipinski definition) is 1. The van der Waals surface area contributed by atoms with Crippen molar-refractivity contribution in [1.82, 2.24) is 9.78 Å². The first-order valence-electron chi connectivity index (χ1n) is 10.3. The van der Waals surface area contributed by atoms with Crippen molar-refractivity contribution in [2.24, 2.45) is 0 Å². The van der Waals surface area contributed by atoms with Crippen molar-refractivity contribution < 1.29 is 19.1 Å². The van der Waals surface area contributed by atoms with Gasteiger partial charge >= 0.3 is 5.97 Å². The maximum Gasteiger partial charge on any atom is 0.359 e. The lowest BCUT2D eigenvalue weighted by Crippen LogP contribution is -2.19. The third kappa shape index (κ3) is 4.36. The summed E-state index contributed by atoms with van der Waals surface area (Å²) in [7, 11) is 0. The highest BCUT2D eigenvalue weighted by Gasteiger charge is 2.24. The van der Waals surface area contributed by atoms with Crippen LogP contribution in [0.4, 0.5) is 5.69 Å². The van der Waals surface area contributed by atoms with Gasteiger partial charge in [0, 0.05) is 17.7 Å². The summed E-state index contributed by atoms with van der Waals surface area (Å²) in [5, 5.41) is 8.07. The smallest absolute Gasteiger partial charge is 0.359 e. The zero-order chi connectivity index (χ0) is 20.9. The Balaban J connectivity index is 1.63. The second-order valence-electron chi connectivity index (χ2n) is 7.28. The molecule has 0 aliphatic carbocycles. The van der Waals surface area contributed by atoms with E-state index in [-0.39, 0.29) is 30.9 Å². The summed E-state index contributed by atoms with van der Waals surface area (Å²) in [5.74, 6) is -0.605. The van der Waals surface area contributed by atoms with Gasteiger partial charge in [-0.05, 0) is 49.9 Å².